The average molecular weight is 116 g/mol. The van der Waals surface area contributed by atoms with Crippen LogP contribution in [0.3, 0.4) is 0 Å². The smallest absolute Gasteiger partial charge is 0.0669 e. The number of fused-ring (bicyclic) bond motifs is 1. The number of aliphatic hydroxyl groups is 1. The van der Waals surface area contributed by atoms with Crippen molar-refractivity contribution in [3.63, 3.8) is 0 Å². The third-order valence-electron chi connectivity index (χ3n) is 1.75. The number of thioether (sulfide) groups is 1. The second-order valence-electron chi connectivity index (χ2n) is 2.34. The zero-order valence-corrected chi connectivity index (χ0v) is 4.82. The Kier molecular flexibility index (Phi) is 0.707. The molecule has 1 aliphatic carbocycles. The Hall–Kier alpha value is 0.310. The number of hydrogen-bond donors (Lipinski definition) is 1. The molecule has 1 nitrogen and oxygen atoms in total. The first-order valence-electron chi connectivity index (χ1n) is 2.67. The topological polar surface area (TPSA) is 20.2 Å². The standard InChI is InChI=1S/C5H8OS/c6-4-2-7-5-1-3(4)5/h3-6H,1-2H2. The monoisotopic (exact) mass is 116 g/mol. The van der Waals surface area contributed by atoms with Crippen LogP contribution in [0.4, 0.5) is 0 Å². The maximum atomic E-state index is 9.02. The van der Waals surface area contributed by atoms with Gasteiger partial charge in [-0.3, -0.25) is 0 Å². The Bertz CT molecular complexity index is 94.1. The largest absolute Gasteiger partial charge is 0.392 e. The van der Waals surface area contributed by atoms with E-state index in [4.69, 9.17) is 5.11 Å². The molecule has 1 heterocycles. The summed E-state index contributed by atoms with van der Waals surface area (Å²) in [5.74, 6) is 1.69. The maximum absolute atomic E-state index is 9.02. The summed E-state index contributed by atoms with van der Waals surface area (Å²) in [5, 5.41) is 9.88. The van der Waals surface area contributed by atoms with Crippen LogP contribution in [0.25, 0.3) is 0 Å². The van der Waals surface area contributed by atoms with Gasteiger partial charge in [-0.05, 0) is 12.3 Å². The molecule has 1 saturated heterocycles. The first-order chi connectivity index (χ1) is 3.38. The molecule has 1 N–H and O–H groups in total. The predicted molar refractivity (Wildman–Crippen MR) is 30.4 cm³/mol. The van der Waals surface area contributed by atoms with Crippen LogP contribution in [0.2, 0.25) is 0 Å². The van der Waals surface area contributed by atoms with Gasteiger partial charge in [-0.1, -0.05) is 0 Å². The lowest BCUT2D eigenvalue weighted by molar-refractivity contribution is 0.181. The molecular formula is C5H8OS. The highest BCUT2D eigenvalue weighted by Crippen LogP contribution is 2.50. The van der Waals surface area contributed by atoms with Crippen LogP contribution in [-0.2, 0) is 0 Å². The van der Waals surface area contributed by atoms with E-state index < -0.39 is 0 Å². The second kappa shape index (κ2) is 1.17. The molecule has 2 heteroatoms. The lowest BCUT2D eigenvalue weighted by atomic mass is 10.3. The Morgan fingerprint density at radius 2 is 2.43 bits per heavy atom. The van der Waals surface area contributed by atoms with Crippen molar-refractivity contribution in [2.45, 2.75) is 17.8 Å². The molecule has 0 aromatic rings. The van der Waals surface area contributed by atoms with Gasteiger partial charge in [-0.15, -0.1) is 0 Å². The summed E-state index contributed by atoms with van der Waals surface area (Å²) >= 11 is 1.93. The quantitative estimate of drug-likeness (QED) is 0.497. The Morgan fingerprint density at radius 3 is 2.57 bits per heavy atom. The minimum atomic E-state index is 0.0509. The lowest BCUT2D eigenvalue weighted by Gasteiger charge is -1.96. The van der Waals surface area contributed by atoms with E-state index in [1.165, 1.54) is 6.42 Å². The van der Waals surface area contributed by atoms with E-state index in [0.29, 0.717) is 5.92 Å². The summed E-state index contributed by atoms with van der Waals surface area (Å²) in [4.78, 5) is 0. The van der Waals surface area contributed by atoms with Crippen molar-refractivity contribution in [1.29, 1.82) is 0 Å². The number of hydrogen-bond acceptors (Lipinski definition) is 2. The van der Waals surface area contributed by atoms with Crippen LogP contribution < -0.4 is 0 Å². The fraction of sp³-hybridized carbons (Fsp3) is 1.00. The van der Waals surface area contributed by atoms with Crippen LogP contribution in [0.15, 0.2) is 0 Å². The lowest BCUT2D eigenvalue weighted by Crippen LogP contribution is -2.07. The summed E-state index contributed by atoms with van der Waals surface area (Å²) in [6, 6.07) is 0. The highest BCUT2D eigenvalue weighted by molar-refractivity contribution is 8.00. The SMILES string of the molecule is OC1CSC2CC12. The van der Waals surface area contributed by atoms with Crippen LogP contribution in [-0.4, -0.2) is 22.2 Å². The minimum Gasteiger partial charge on any atom is -0.392 e. The zero-order valence-electron chi connectivity index (χ0n) is 4.00. The van der Waals surface area contributed by atoms with E-state index in [0.717, 1.165) is 11.0 Å². The van der Waals surface area contributed by atoms with Crippen molar-refractivity contribution >= 4 is 11.8 Å². The molecule has 2 aliphatic rings. The molecule has 2 fully saturated rings. The fourth-order valence-electron chi connectivity index (χ4n) is 1.13. The third kappa shape index (κ3) is 0.500. The Labute approximate surface area is 47.1 Å². The van der Waals surface area contributed by atoms with E-state index in [2.05, 4.69) is 0 Å². The molecule has 0 bridgehead atoms. The molecule has 0 aromatic heterocycles. The van der Waals surface area contributed by atoms with Gasteiger partial charge in [0.05, 0.1) is 6.10 Å². The van der Waals surface area contributed by atoms with Gasteiger partial charge >= 0.3 is 0 Å². The van der Waals surface area contributed by atoms with Crippen molar-refractivity contribution < 1.29 is 5.11 Å². The molecule has 0 aromatic carbocycles. The highest BCUT2D eigenvalue weighted by atomic mass is 32.2. The normalized spacial score (nSPS) is 57.0. The van der Waals surface area contributed by atoms with Gasteiger partial charge in [0, 0.05) is 11.0 Å². The first kappa shape index (κ1) is 4.21. The van der Waals surface area contributed by atoms with Crippen LogP contribution >= 0.6 is 11.8 Å². The van der Waals surface area contributed by atoms with Crippen molar-refractivity contribution in [1.82, 2.24) is 0 Å². The van der Waals surface area contributed by atoms with Gasteiger partial charge in [0.2, 0.25) is 0 Å². The summed E-state index contributed by atoms with van der Waals surface area (Å²) in [6.45, 7) is 0. The Morgan fingerprint density at radius 1 is 1.57 bits per heavy atom. The molecule has 1 aliphatic heterocycles. The van der Waals surface area contributed by atoms with Gasteiger partial charge in [0.15, 0.2) is 0 Å². The number of aliphatic hydroxyl groups excluding tert-OH is 1. The van der Waals surface area contributed by atoms with Crippen molar-refractivity contribution in [3.05, 3.63) is 0 Å². The van der Waals surface area contributed by atoms with Crippen LogP contribution in [0.1, 0.15) is 6.42 Å². The van der Waals surface area contributed by atoms with E-state index in [9.17, 15) is 0 Å². The molecule has 40 valence electrons. The molecule has 3 atom stereocenters. The molecular weight excluding hydrogens is 108 g/mol. The average Bonchev–Trinajstić information content (AvgIpc) is 2.33. The van der Waals surface area contributed by atoms with Crippen molar-refractivity contribution in [3.8, 4) is 0 Å². The molecule has 7 heavy (non-hydrogen) atoms. The minimum absolute atomic E-state index is 0.0509. The van der Waals surface area contributed by atoms with Crippen LogP contribution in [0, 0.1) is 5.92 Å². The molecule has 0 radical (unpaired) electrons. The van der Waals surface area contributed by atoms with E-state index in [-0.39, 0.29) is 6.10 Å². The van der Waals surface area contributed by atoms with E-state index >= 15 is 0 Å². The summed E-state index contributed by atoms with van der Waals surface area (Å²) < 4.78 is 0. The molecule has 1 saturated carbocycles. The van der Waals surface area contributed by atoms with Gasteiger partial charge in [0.25, 0.3) is 0 Å². The first-order valence-corrected chi connectivity index (χ1v) is 3.72. The zero-order chi connectivity index (χ0) is 4.85. The van der Waals surface area contributed by atoms with Gasteiger partial charge in [0.1, 0.15) is 0 Å². The fourth-order valence-corrected chi connectivity index (χ4v) is 2.61. The molecule has 0 spiro atoms. The molecule has 3 unspecified atom stereocenters. The molecule has 2 rings (SSSR count). The van der Waals surface area contributed by atoms with Gasteiger partial charge in [-0.2, -0.15) is 11.8 Å². The van der Waals surface area contributed by atoms with Crippen LogP contribution in [0.5, 0.6) is 0 Å². The van der Waals surface area contributed by atoms with Crippen molar-refractivity contribution in [2.75, 3.05) is 5.75 Å². The number of rotatable bonds is 0. The van der Waals surface area contributed by atoms with Gasteiger partial charge < -0.3 is 5.11 Å². The summed E-state index contributed by atoms with van der Waals surface area (Å²) in [5.41, 5.74) is 0. The molecule has 0 amide bonds. The highest BCUT2D eigenvalue weighted by Gasteiger charge is 2.48. The second-order valence-corrected chi connectivity index (χ2v) is 3.61. The third-order valence-corrected chi connectivity index (χ3v) is 3.26. The maximum Gasteiger partial charge on any atom is 0.0669 e. The van der Waals surface area contributed by atoms with E-state index in [1.807, 2.05) is 11.8 Å². The Balaban J connectivity index is 2.08. The van der Waals surface area contributed by atoms with Crippen molar-refractivity contribution in [2.24, 2.45) is 5.92 Å². The summed E-state index contributed by atoms with van der Waals surface area (Å²) in [7, 11) is 0. The van der Waals surface area contributed by atoms with Gasteiger partial charge in [-0.25, -0.2) is 0 Å². The van der Waals surface area contributed by atoms with E-state index in [1.54, 1.807) is 0 Å². The summed E-state index contributed by atoms with van der Waals surface area (Å²) in [6.07, 6.45) is 1.33. The predicted octanol–water partition coefficient (Wildman–Crippen LogP) is 0.483.